The highest BCUT2D eigenvalue weighted by Gasteiger charge is 2.18. The van der Waals surface area contributed by atoms with Crippen molar-refractivity contribution in [1.29, 1.82) is 0 Å². The Balaban J connectivity index is 1.47. The van der Waals surface area contributed by atoms with E-state index in [1.807, 2.05) is 53.1 Å². The van der Waals surface area contributed by atoms with Gasteiger partial charge in [-0.1, -0.05) is 59.5 Å². The number of carbonyl (C=O) groups excluding carboxylic acids is 2. The number of anilines is 1. The monoisotopic (exact) mass is 495 g/mol. The van der Waals surface area contributed by atoms with Gasteiger partial charge in [-0.2, -0.15) is 0 Å². The Hall–Kier alpha value is -2.95. The van der Waals surface area contributed by atoms with Gasteiger partial charge in [-0.15, -0.1) is 22.0 Å². The predicted octanol–water partition coefficient (Wildman–Crippen LogP) is 5.26. The van der Waals surface area contributed by atoms with E-state index in [9.17, 15) is 9.59 Å². The first-order chi connectivity index (χ1) is 16.0. The van der Waals surface area contributed by atoms with Crippen LogP contribution in [-0.2, 0) is 10.5 Å². The Morgan fingerprint density at radius 2 is 1.70 bits per heavy atom. The highest BCUT2D eigenvalue weighted by molar-refractivity contribution is 7.99. The van der Waals surface area contributed by atoms with Gasteiger partial charge < -0.3 is 5.32 Å². The summed E-state index contributed by atoms with van der Waals surface area (Å²) in [4.78, 5) is 30.1. The molecule has 7 nitrogen and oxygen atoms in total. The van der Waals surface area contributed by atoms with Crippen molar-refractivity contribution >= 4 is 51.7 Å². The summed E-state index contributed by atoms with van der Waals surface area (Å²) in [5.74, 6) is 1.32. The third-order valence-electron chi connectivity index (χ3n) is 4.52. The van der Waals surface area contributed by atoms with E-state index in [-0.39, 0.29) is 17.4 Å². The van der Waals surface area contributed by atoms with Crippen LogP contribution in [0.2, 0.25) is 0 Å². The predicted molar refractivity (Wildman–Crippen MR) is 134 cm³/mol. The van der Waals surface area contributed by atoms with Crippen LogP contribution in [0.15, 0.2) is 70.7 Å². The summed E-state index contributed by atoms with van der Waals surface area (Å²) in [5.41, 5.74) is 1.57. The number of thiazole rings is 1. The van der Waals surface area contributed by atoms with Crippen LogP contribution in [0.5, 0.6) is 0 Å². The second kappa shape index (κ2) is 10.8. The number of ketones is 1. The zero-order valence-electron chi connectivity index (χ0n) is 18.0. The van der Waals surface area contributed by atoms with Crippen LogP contribution in [0.4, 0.5) is 5.13 Å². The number of benzene rings is 2. The van der Waals surface area contributed by atoms with Gasteiger partial charge in [-0.25, -0.2) is 4.98 Å². The Morgan fingerprint density at radius 3 is 2.36 bits per heavy atom. The van der Waals surface area contributed by atoms with Gasteiger partial charge in [0.2, 0.25) is 5.91 Å². The number of aromatic nitrogens is 4. The van der Waals surface area contributed by atoms with Crippen molar-refractivity contribution in [3.63, 3.8) is 0 Å². The number of aryl methyl sites for hydroxylation is 1. The number of amides is 1. The minimum atomic E-state index is -0.216. The molecule has 0 aliphatic rings. The third-order valence-corrected chi connectivity index (χ3v) is 7.63. The van der Waals surface area contributed by atoms with E-state index in [2.05, 4.69) is 32.6 Å². The van der Waals surface area contributed by atoms with Gasteiger partial charge in [0.25, 0.3) is 0 Å². The third kappa shape index (κ3) is 5.89. The molecule has 1 amide bonds. The standard InChI is InChI=1S/C23H21N5O2S3/c1-15-21(16(2)29)33-22(24-15)25-20(30)14-32-23-27-26-19(13-31-18-11-7-4-8-12-18)28(23)17-9-5-3-6-10-17/h3-12H,13-14H2,1-2H3,(H,24,25,30). The molecule has 2 aromatic carbocycles. The Bertz CT molecular complexity index is 1260. The van der Waals surface area contributed by atoms with E-state index < -0.39 is 0 Å². The first-order valence-corrected chi connectivity index (χ1v) is 12.9. The second-order valence-electron chi connectivity index (χ2n) is 7.00. The zero-order valence-corrected chi connectivity index (χ0v) is 20.5. The SMILES string of the molecule is CC(=O)c1sc(NC(=O)CSc2nnc(CSc3ccccc3)n2-c2ccccc2)nc1C. The number of nitrogens with zero attached hydrogens (tertiary/aromatic N) is 4. The number of thioether (sulfide) groups is 2. The van der Waals surface area contributed by atoms with Crippen LogP contribution < -0.4 is 5.32 Å². The lowest BCUT2D eigenvalue weighted by Crippen LogP contribution is -2.14. The van der Waals surface area contributed by atoms with Gasteiger partial charge in [0, 0.05) is 17.5 Å². The van der Waals surface area contributed by atoms with Crippen LogP contribution in [-0.4, -0.2) is 37.2 Å². The van der Waals surface area contributed by atoms with E-state index in [0.29, 0.717) is 26.6 Å². The average molecular weight is 496 g/mol. The highest BCUT2D eigenvalue weighted by atomic mass is 32.2. The van der Waals surface area contributed by atoms with E-state index in [1.165, 1.54) is 30.0 Å². The molecule has 0 bridgehead atoms. The van der Waals surface area contributed by atoms with Crippen LogP contribution in [0, 0.1) is 6.92 Å². The molecule has 0 spiro atoms. The number of carbonyl (C=O) groups is 2. The Morgan fingerprint density at radius 1 is 1.00 bits per heavy atom. The van der Waals surface area contributed by atoms with Gasteiger partial charge in [-0.05, 0) is 31.2 Å². The van der Waals surface area contributed by atoms with Crippen molar-refractivity contribution in [3.8, 4) is 5.69 Å². The van der Waals surface area contributed by atoms with Crippen LogP contribution in [0.3, 0.4) is 0 Å². The Kier molecular flexibility index (Phi) is 7.58. The maximum Gasteiger partial charge on any atom is 0.236 e. The minimum Gasteiger partial charge on any atom is -0.301 e. The number of Topliss-reactive ketones (excluding diaryl/α,β-unsaturated/α-hetero) is 1. The van der Waals surface area contributed by atoms with E-state index in [1.54, 1.807) is 18.7 Å². The van der Waals surface area contributed by atoms with Crippen molar-refractivity contribution in [3.05, 3.63) is 77.1 Å². The molecule has 1 N–H and O–H groups in total. The molecule has 4 rings (SSSR count). The Labute approximate surface area is 204 Å². The molecule has 2 aromatic heterocycles. The molecule has 0 radical (unpaired) electrons. The van der Waals surface area contributed by atoms with Gasteiger partial charge in [0.1, 0.15) is 5.82 Å². The summed E-state index contributed by atoms with van der Waals surface area (Å²) in [6, 6.07) is 20.0. The molecule has 168 valence electrons. The maximum absolute atomic E-state index is 12.5. The first-order valence-electron chi connectivity index (χ1n) is 10.1. The molecule has 10 heteroatoms. The molecular formula is C23H21N5O2S3. The summed E-state index contributed by atoms with van der Waals surface area (Å²) in [6.45, 7) is 3.25. The molecule has 0 unspecified atom stereocenters. The molecule has 0 saturated heterocycles. The zero-order chi connectivity index (χ0) is 23.2. The van der Waals surface area contributed by atoms with Gasteiger partial charge >= 0.3 is 0 Å². The second-order valence-corrected chi connectivity index (χ2v) is 9.99. The molecule has 33 heavy (non-hydrogen) atoms. The quantitative estimate of drug-likeness (QED) is 0.250. The fourth-order valence-electron chi connectivity index (χ4n) is 3.05. The van der Waals surface area contributed by atoms with Crippen molar-refractivity contribution in [2.75, 3.05) is 11.1 Å². The molecule has 0 fully saturated rings. The van der Waals surface area contributed by atoms with Gasteiger partial charge in [0.05, 0.1) is 22.1 Å². The van der Waals surface area contributed by atoms with Crippen LogP contribution in [0.1, 0.15) is 28.1 Å². The summed E-state index contributed by atoms with van der Waals surface area (Å²) in [7, 11) is 0. The summed E-state index contributed by atoms with van der Waals surface area (Å²) in [6.07, 6.45) is 0. The molecule has 0 atom stereocenters. The summed E-state index contributed by atoms with van der Waals surface area (Å²) < 4.78 is 1.98. The largest absolute Gasteiger partial charge is 0.301 e. The molecule has 0 aliphatic carbocycles. The molecule has 4 aromatic rings. The highest BCUT2D eigenvalue weighted by Crippen LogP contribution is 2.28. The summed E-state index contributed by atoms with van der Waals surface area (Å²) >= 11 is 4.18. The van der Waals surface area contributed by atoms with E-state index in [4.69, 9.17) is 0 Å². The topological polar surface area (TPSA) is 89.8 Å². The van der Waals surface area contributed by atoms with Crippen LogP contribution in [0.25, 0.3) is 5.69 Å². The smallest absolute Gasteiger partial charge is 0.236 e. The number of hydrogen-bond donors (Lipinski definition) is 1. The van der Waals surface area contributed by atoms with Crippen molar-refractivity contribution in [1.82, 2.24) is 19.7 Å². The van der Waals surface area contributed by atoms with Crippen molar-refractivity contribution in [2.24, 2.45) is 0 Å². The molecular weight excluding hydrogens is 474 g/mol. The first kappa shape index (κ1) is 23.2. The number of nitrogens with one attached hydrogen (secondary N) is 1. The maximum atomic E-state index is 12.5. The lowest BCUT2D eigenvalue weighted by Gasteiger charge is -2.10. The van der Waals surface area contributed by atoms with Gasteiger partial charge in [-0.3, -0.25) is 14.2 Å². The van der Waals surface area contributed by atoms with E-state index in [0.717, 1.165) is 16.4 Å². The lowest BCUT2D eigenvalue weighted by atomic mass is 10.3. The van der Waals surface area contributed by atoms with Gasteiger partial charge in [0.15, 0.2) is 16.1 Å². The fraction of sp³-hybridized carbons (Fsp3) is 0.174. The number of hydrogen-bond acceptors (Lipinski definition) is 8. The number of para-hydroxylation sites is 1. The lowest BCUT2D eigenvalue weighted by molar-refractivity contribution is -0.113. The average Bonchev–Trinajstić information content (AvgIpc) is 3.40. The fourth-order valence-corrected chi connectivity index (χ4v) is 5.53. The molecule has 2 heterocycles. The molecule has 0 aliphatic heterocycles. The molecule has 0 saturated carbocycles. The van der Waals surface area contributed by atoms with E-state index >= 15 is 0 Å². The minimum absolute atomic E-state index is 0.0586. The summed E-state index contributed by atoms with van der Waals surface area (Å²) in [5, 5.41) is 12.6. The van der Waals surface area contributed by atoms with Crippen molar-refractivity contribution < 1.29 is 9.59 Å². The number of rotatable bonds is 9. The van der Waals surface area contributed by atoms with Crippen molar-refractivity contribution in [2.45, 2.75) is 29.7 Å². The van der Waals surface area contributed by atoms with Crippen LogP contribution >= 0.6 is 34.9 Å². The normalized spacial score (nSPS) is 10.8.